The van der Waals surface area contributed by atoms with Gasteiger partial charge in [-0.05, 0) is 28.1 Å². The van der Waals surface area contributed by atoms with Gasteiger partial charge in [0.2, 0.25) is 0 Å². The molecule has 62 valence electrons. The van der Waals surface area contributed by atoms with Crippen molar-refractivity contribution >= 4 is 37.0 Å². The van der Waals surface area contributed by atoms with Crippen molar-refractivity contribution < 1.29 is 8.78 Å². The average molecular weight is 336 g/mol. The average Bonchev–Trinajstić information content (AvgIpc) is 1.97. The zero-order valence-corrected chi connectivity index (χ0v) is 9.06. The second-order valence-electron chi connectivity index (χ2n) is 2.01. The van der Waals surface area contributed by atoms with Crippen LogP contribution in [0.5, 0.6) is 0 Å². The molecular formula is C6H5BrF2IN. The number of nitrogens with one attached hydrogen (secondary N) is 1. The highest BCUT2D eigenvalue weighted by molar-refractivity contribution is 14.2. The van der Waals surface area contributed by atoms with Gasteiger partial charge in [0.25, 0.3) is 0 Å². The second kappa shape index (κ2) is 3.84. The Morgan fingerprint density at radius 1 is 1.36 bits per heavy atom. The summed E-state index contributed by atoms with van der Waals surface area (Å²) in [4.78, 5) is 0. The molecule has 2 atom stereocenters. The van der Waals surface area contributed by atoms with E-state index in [0.29, 0.717) is 8.06 Å². The van der Waals surface area contributed by atoms with Crippen LogP contribution >= 0.6 is 37.0 Å². The van der Waals surface area contributed by atoms with Gasteiger partial charge >= 0.3 is 0 Å². The lowest BCUT2D eigenvalue weighted by atomic mass is 10.1. The number of hydrogen-bond donors (Lipinski definition) is 1. The maximum absolute atomic E-state index is 12.6. The van der Waals surface area contributed by atoms with Crippen LogP contribution in [-0.4, -0.2) is 12.3 Å². The quantitative estimate of drug-likeness (QED) is 0.708. The fourth-order valence-corrected chi connectivity index (χ4v) is 2.55. The summed E-state index contributed by atoms with van der Waals surface area (Å²) in [5.41, 5.74) is 0. The predicted molar refractivity (Wildman–Crippen MR) is 51.6 cm³/mol. The van der Waals surface area contributed by atoms with Gasteiger partial charge in [-0.25, -0.2) is 8.78 Å². The minimum absolute atomic E-state index is 0.543. The lowest BCUT2D eigenvalue weighted by Gasteiger charge is -2.13. The largest absolute Gasteiger partial charge is 0.274 e. The molecule has 0 saturated carbocycles. The van der Waals surface area contributed by atoms with Gasteiger partial charge in [0, 0.05) is 29.1 Å². The van der Waals surface area contributed by atoms with Gasteiger partial charge in [0.05, 0.1) is 0 Å². The lowest BCUT2D eigenvalue weighted by Crippen LogP contribution is -2.15. The summed E-state index contributed by atoms with van der Waals surface area (Å²) in [6, 6.07) is 0. The van der Waals surface area contributed by atoms with Crippen molar-refractivity contribution in [3.63, 3.8) is 0 Å². The number of rotatable bonds is 1. The van der Waals surface area contributed by atoms with Crippen LogP contribution in [0.15, 0.2) is 20.2 Å². The van der Waals surface area contributed by atoms with Crippen LogP contribution < -0.4 is 0 Å². The van der Waals surface area contributed by atoms with Crippen LogP contribution in [0, 0.1) is 3.56 Å². The molecular weight excluding hydrogens is 331 g/mol. The van der Waals surface area contributed by atoms with Crippen LogP contribution in [-0.2, 0) is 0 Å². The van der Waals surface area contributed by atoms with Crippen LogP contribution in [0.4, 0.5) is 8.78 Å². The summed E-state index contributed by atoms with van der Waals surface area (Å²) in [6.07, 6.45) is -0.747. The number of halogens is 4. The Bertz CT molecular complexity index is 239. The summed E-state index contributed by atoms with van der Waals surface area (Å²) in [6.45, 7) is 0. The van der Waals surface area contributed by atoms with Gasteiger partial charge in [0.15, 0.2) is 12.3 Å². The fraction of sp³-hybridized carbons (Fsp3) is 0.333. The molecule has 5 heteroatoms. The monoisotopic (exact) mass is 335 g/mol. The summed E-state index contributed by atoms with van der Waals surface area (Å²) >= 11 is 2.17. The third-order valence-electron chi connectivity index (χ3n) is 1.25. The van der Waals surface area contributed by atoms with Gasteiger partial charge in [-0.2, -0.15) is 0 Å². The zero-order chi connectivity index (χ0) is 8.43. The Hall–Kier alpha value is 0.350. The number of alkyl halides is 2. The van der Waals surface area contributed by atoms with Gasteiger partial charge < -0.3 is 0 Å². The van der Waals surface area contributed by atoms with Gasteiger partial charge in [-0.3, -0.25) is 3.56 Å². The minimum atomic E-state index is -1.56. The van der Waals surface area contributed by atoms with Gasteiger partial charge in [-0.15, -0.1) is 0 Å². The SMILES string of the molecule is N=IC1=CC(F)C(F)C=C1Br. The zero-order valence-electron chi connectivity index (χ0n) is 5.32. The number of hydrogen-bond acceptors (Lipinski definition) is 1. The van der Waals surface area contributed by atoms with Crippen molar-refractivity contribution in [3.05, 3.63) is 20.2 Å². The molecule has 0 amide bonds. The second-order valence-corrected chi connectivity index (χ2v) is 4.57. The topological polar surface area (TPSA) is 23.9 Å². The Balaban J connectivity index is 2.91. The van der Waals surface area contributed by atoms with Gasteiger partial charge in [-0.1, -0.05) is 0 Å². The minimum Gasteiger partial charge on any atom is -0.274 e. The predicted octanol–water partition coefficient (Wildman–Crippen LogP) is 3.57. The van der Waals surface area contributed by atoms with Crippen LogP contribution in [0.2, 0.25) is 0 Å². The fourth-order valence-electron chi connectivity index (χ4n) is 0.699. The van der Waals surface area contributed by atoms with E-state index in [0.717, 1.165) is 0 Å². The van der Waals surface area contributed by atoms with E-state index in [4.69, 9.17) is 3.56 Å². The van der Waals surface area contributed by atoms with E-state index in [-0.39, 0.29) is 0 Å². The van der Waals surface area contributed by atoms with E-state index >= 15 is 0 Å². The highest BCUT2D eigenvalue weighted by atomic mass is 127. The van der Waals surface area contributed by atoms with Crippen LogP contribution in [0.1, 0.15) is 0 Å². The highest BCUT2D eigenvalue weighted by Gasteiger charge is 2.22. The summed E-state index contributed by atoms with van der Waals surface area (Å²) in [5, 5.41) is 0. The van der Waals surface area contributed by atoms with Crippen molar-refractivity contribution in [2.75, 3.05) is 0 Å². The Labute approximate surface area is 81.6 Å². The molecule has 1 rings (SSSR count). The van der Waals surface area contributed by atoms with Crippen molar-refractivity contribution in [1.29, 1.82) is 3.56 Å². The Morgan fingerprint density at radius 3 is 2.45 bits per heavy atom. The van der Waals surface area contributed by atoms with Crippen molar-refractivity contribution in [2.24, 2.45) is 0 Å². The first-order chi connectivity index (χ1) is 5.15. The standard InChI is InChI=1S/C6H5BrF2IN/c7-3-1-4(8)5(9)2-6(3)10-11/h1-2,4-5,11H. The molecule has 11 heavy (non-hydrogen) atoms. The maximum Gasteiger partial charge on any atom is 0.154 e. The molecule has 0 saturated heterocycles. The molecule has 1 aliphatic carbocycles. The van der Waals surface area contributed by atoms with E-state index in [1.807, 2.05) is 0 Å². The molecule has 0 aromatic carbocycles. The molecule has 0 aromatic heterocycles. The van der Waals surface area contributed by atoms with Crippen LogP contribution in [0.3, 0.4) is 0 Å². The lowest BCUT2D eigenvalue weighted by molar-refractivity contribution is 0.245. The van der Waals surface area contributed by atoms with Crippen molar-refractivity contribution in [2.45, 2.75) is 12.3 Å². The third-order valence-corrected chi connectivity index (χ3v) is 4.20. The molecule has 0 bridgehead atoms. The third kappa shape index (κ3) is 2.14. The van der Waals surface area contributed by atoms with Crippen LogP contribution in [0.25, 0.3) is 0 Å². The summed E-state index contributed by atoms with van der Waals surface area (Å²) in [5.74, 6) is 0. The van der Waals surface area contributed by atoms with E-state index in [9.17, 15) is 8.78 Å². The molecule has 0 aromatic rings. The molecule has 0 fully saturated rings. The summed E-state index contributed by atoms with van der Waals surface area (Å²) in [7, 11) is 0. The van der Waals surface area contributed by atoms with Gasteiger partial charge in [0.1, 0.15) is 0 Å². The Kier molecular flexibility index (Phi) is 3.29. The van der Waals surface area contributed by atoms with E-state index < -0.39 is 33.4 Å². The smallest absolute Gasteiger partial charge is 0.154 e. The molecule has 1 aliphatic rings. The first kappa shape index (κ1) is 9.44. The molecule has 1 N–H and O–H groups in total. The molecule has 0 spiro atoms. The van der Waals surface area contributed by atoms with E-state index in [1.165, 1.54) is 12.2 Å². The Morgan fingerprint density at radius 2 is 1.91 bits per heavy atom. The van der Waals surface area contributed by atoms with Crippen molar-refractivity contribution in [1.82, 2.24) is 0 Å². The summed E-state index contributed by atoms with van der Waals surface area (Å²) < 4.78 is 33.4. The normalized spacial score (nSPS) is 31.2. The van der Waals surface area contributed by atoms with Crippen molar-refractivity contribution in [3.8, 4) is 0 Å². The highest BCUT2D eigenvalue weighted by Crippen LogP contribution is 2.33. The molecule has 1 nitrogen and oxygen atoms in total. The first-order valence-electron chi connectivity index (χ1n) is 2.83. The van der Waals surface area contributed by atoms with E-state index in [1.54, 1.807) is 0 Å². The molecule has 0 heterocycles. The van der Waals surface area contributed by atoms with E-state index in [2.05, 4.69) is 15.9 Å². The molecule has 2 unspecified atom stereocenters. The molecule has 0 radical (unpaired) electrons. The maximum atomic E-state index is 12.6. The first-order valence-corrected chi connectivity index (χ1v) is 5.78. The molecule has 0 aliphatic heterocycles. The number of allylic oxidation sites excluding steroid dienone is 4.